The van der Waals surface area contributed by atoms with Gasteiger partial charge in [-0.3, -0.25) is 9.69 Å². The molecule has 1 amide bonds. The van der Waals surface area contributed by atoms with E-state index >= 15 is 0 Å². The standard InChI is InChI=1S/C14H13NO3S2/c1-8-3-5-10(6-4-8)7-11-12(16)15(14(19)20-11)9(2)13(17)18/h3-7,9H,1-2H3,(H,17,18)/p-1/b11-7+/t9-/m1/s1. The third-order valence-electron chi connectivity index (χ3n) is 2.93. The number of aliphatic carboxylic acids is 1. The van der Waals surface area contributed by atoms with E-state index in [0.717, 1.165) is 27.8 Å². The van der Waals surface area contributed by atoms with Gasteiger partial charge in [-0.25, -0.2) is 0 Å². The van der Waals surface area contributed by atoms with Gasteiger partial charge in [0.05, 0.1) is 16.9 Å². The zero-order valence-electron chi connectivity index (χ0n) is 11.0. The van der Waals surface area contributed by atoms with Crippen molar-refractivity contribution in [2.75, 3.05) is 0 Å². The van der Waals surface area contributed by atoms with E-state index < -0.39 is 17.9 Å². The fraction of sp³-hybridized carbons (Fsp3) is 0.214. The molecular weight excluding hydrogens is 294 g/mol. The highest BCUT2D eigenvalue weighted by atomic mass is 32.2. The Morgan fingerprint density at radius 1 is 1.40 bits per heavy atom. The summed E-state index contributed by atoms with van der Waals surface area (Å²) in [7, 11) is 0. The van der Waals surface area contributed by atoms with Crippen LogP contribution < -0.4 is 5.11 Å². The number of thioether (sulfide) groups is 1. The number of carboxylic acids is 1. The molecule has 0 spiro atoms. The number of hydrogen-bond donors (Lipinski definition) is 0. The van der Waals surface area contributed by atoms with E-state index in [4.69, 9.17) is 12.2 Å². The summed E-state index contributed by atoms with van der Waals surface area (Å²) in [5, 5.41) is 10.9. The third kappa shape index (κ3) is 2.91. The lowest BCUT2D eigenvalue weighted by Crippen LogP contribution is -2.48. The lowest BCUT2D eigenvalue weighted by molar-refractivity contribution is -0.309. The molecule has 2 rings (SSSR count). The lowest BCUT2D eigenvalue weighted by Gasteiger charge is -2.23. The number of hydrogen-bond acceptors (Lipinski definition) is 5. The van der Waals surface area contributed by atoms with Crippen LogP contribution in [0, 0.1) is 6.92 Å². The molecule has 0 radical (unpaired) electrons. The van der Waals surface area contributed by atoms with Crippen molar-refractivity contribution in [2.24, 2.45) is 0 Å². The van der Waals surface area contributed by atoms with Crippen LogP contribution in [0.3, 0.4) is 0 Å². The molecule has 1 atom stereocenters. The minimum Gasteiger partial charge on any atom is -0.548 e. The third-order valence-corrected chi connectivity index (χ3v) is 4.26. The number of aryl methyl sites for hydroxylation is 1. The van der Waals surface area contributed by atoms with E-state index in [0.29, 0.717) is 4.91 Å². The summed E-state index contributed by atoms with van der Waals surface area (Å²) < 4.78 is 0.241. The number of thiocarbonyl (C=S) groups is 1. The molecule has 0 saturated carbocycles. The van der Waals surface area contributed by atoms with Crippen molar-refractivity contribution < 1.29 is 14.7 Å². The second-order valence-corrected chi connectivity index (χ2v) is 6.13. The van der Waals surface area contributed by atoms with Gasteiger partial charge < -0.3 is 9.90 Å². The highest BCUT2D eigenvalue weighted by molar-refractivity contribution is 8.26. The molecule has 0 aromatic heterocycles. The Hall–Kier alpha value is -1.66. The van der Waals surface area contributed by atoms with Crippen molar-refractivity contribution in [1.29, 1.82) is 0 Å². The van der Waals surface area contributed by atoms with Crippen molar-refractivity contribution in [3.8, 4) is 0 Å². The van der Waals surface area contributed by atoms with Crippen LogP contribution in [-0.2, 0) is 9.59 Å². The number of carboxylic acid groups (broad SMARTS) is 1. The highest BCUT2D eigenvalue weighted by Crippen LogP contribution is 2.33. The van der Waals surface area contributed by atoms with Crippen molar-refractivity contribution >= 4 is 46.3 Å². The minimum absolute atomic E-state index is 0.241. The number of rotatable bonds is 3. The van der Waals surface area contributed by atoms with Gasteiger partial charge >= 0.3 is 0 Å². The van der Waals surface area contributed by atoms with E-state index in [1.807, 2.05) is 31.2 Å². The van der Waals surface area contributed by atoms with Gasteiger partial charge in [-0.1, -0.05) is 53.8 Å². The number of amides is 1. The van der Waals surface area contributed by atoms with Crippen LogP contribution in [0.2, 0.25) is 0 Å². The Balaban J connectivity index is 2.28. The first-order valence-corrected chi connectivity index (χ1v) is 7.17. The topological polar surface area (TPSA) is 60.4 Å². The number of carbonyl (C=O) groups excluding carboxylic acids is 2. The van der Waals surface area contributed by atoms with Gasteiger partial charge in [0.2, 0.25) is 0 Å². The van der Waals surface area contributed by atoms with Gasteiger partial charge in [0, 0.05) is 0 Å². The summed E-state index contributed by atoms with van der Waals surface area (Å²) in [6.07, 6.45) is 1.71. The minimum atomic E-state index is -1.32. The summed E-state index contributed by atoms with van der Waals surface area (Å²) in [5.41, 5.74) is 2.00. The summed E-state index contributed by atoms with van der Waals surface area (Å²) >= 11 is 6.17. The number of nitrogens with zero attached hydrogens (tertiary/aromatic N) is 1. The molecule has 0 aliphatic carbocycles. The summed E-state index contributed by atoms with van der Waals surface area (Å²) in [4.78, 5) is 24.6. The Bertz CT molecular complexity index is 607. The SMILES string of the molecule is Cc1ccc(/C=C2/SC(=S)N([C@H](C)C(=O)[O-])C2=O)cc1. The van der Waals surface area contributed by atoms with E-state index in [1.165, 1.54) is 6.92 Å². The van der Waals surface area contributed by atoms with Gasteiger partial charge in [-0.05, 0) is 25.5 Å². The average Bonchev–Trinajstić information content (AvgIpc) is 2.66. The molecule has 4 nitrogen and oxygen atoms in total. The first-order valence-electron chi connectivity index (χ1n) is 5.94. The molecule has 1 heterocycles. The van der Waals surface area contributed by atoms with E-state index in [2.05, 4.69) is 0 Å². The molecule has 0 bridgehead atoms. The maximum Gasteiger partial charge on any atom is 0.266 e. The predicted molar refractivity (Wildman–Crippen MR) is 80.7 cm³/mol. The fourth-order valence-electron chi connectivity index (χ4n) is 1.73. The maximum atomic E-state index is 12.2. The van der Waals surface area contributed by atoms with Crippen LogP contribution in [0.15, 0.2) is 29.2 Å². The Kier molecular flexibility index (Phi) is 4.25. The Morgan fingerprint density at radius 3 is 2.55 bits per heavy atom. The second kappa shape index (κ2) is 5.76. The molecule has 1 aromatic carbocycles. The lowest BCUT2D eigenvalue weighted by atomic mass is 10.1. The van der Waals surface area contributed by atoms with Crippen LogP contribution in [-0.4, -0.2) is 27.1 Å². The summed E-state index contributed by atoms with van der Waals surface area (Å²) in [5.74, 6) is -1.71. The molecule has 1 saturated heterocycles. The van der Waals surface area contributed by atoms with E-state index in [9.17, 15) is 14.7 Å². The van der Waals surface area contributed by atoms with Gasteiger partial charge in [0.15, 0.2) is 0 Å². The molecule has 20 heavy (non-hydrogen) atoms. The predicted octanol–water partition coefficient (Wildman–Crippen LogP) is 1.33. The zero-order valence-corrected chi connectivity index (χ0v) is 12.6. The van der Waals surface area contributed by atoms with Gasteiger partial charge in [0.1, 0.15) is 4.32 Å². The molecule has 0 N–H and O–H groups in total. The molecule has 1 aliphatic heterocycles. The maximum absolute atomic E-state index is 12.2. The molecule has 104 valence electrons. The van der Waals surface area contributed by atoms with Crippen LogP contribution in [0.25, 0.3) is 6.08 Å². The Labute approximate surface area is 126 Å². The van der Waals surface area contributed by atoms with Crippen molar-refractivity contribution in [3.63, 3.8) is 0 Å². The number of benzene rings is 1. The molecular formula is C14H12NO3S2-. The quantitative estimate of drug-likeness (QED) is 0.623. The largest absolute Gasteiger partial charge is 0.548 e. The van der Waals surface area contributed by atoms with E-state index in [-0.39, 0.29) is 4.32 Å². The van der Waals surface area contributed by atoms with E-state index in [1.54, 1.807) is 6.08 Å². The molecule has 1 aliphatic rings. The van der Waals surface area contributed by atoms with Crippen LogP contribution in [0.5, 0.6) is 0 Å². The second-order valence-electron chi connectivity index (χ2n) is 4.46. The zero-order chi connectivity index (χ0) is 14.9. The summed E-state index contributed by atoms with van der Waals surface area (Å²) in [6.45, 7) is 3.36. The van der Waals surface area contributed by atoms with Crippen molar-refractivity contribution in [3.05, 3.63) is 40.3 Å². The molecule has 0 unspecified atom stereocenters. The Morgan fingerprint density at radius 2 is 2.00 bits per heavy atom. The van der Waals surface area contributed by atoms with Crippen LogP contribution in [0.1, 0.15) is 18.1 Å². The monoisotopic (exact) mass is 306 g/mol. The molecule has 1 aromatic rings. The van der Waals surface area contributed by atoms with Crippen molar-refractivity contribution in [1.82, 2.24) is 4.90 Å². The highest BCUT2D eigenvalue weighted by Gasteiger charge is 2.35. The first-order chi connectivity index (χ1) is 9.40. The van der Waals surface area contributed by atoms with Gasteiger partial charge in [0.25, 0.3) is 5.91 Å². The van der Waals surface area contributed by atoms with Crippen LogP contribution >= 0.6 is 24.0 Å². The van der Waals surface area contributed by atoms with Gasteiger partial charge in [-0.2, -0.15) is 0 Å². The summed E-state index contributed by atoms with van der Waals surface area (Å²) in [6, 6.07) is 6.60. The fourth-order valence-corrected chi connectivity index (χ4v) is 3.15. The smallest absolute Gasteiger partial charge is 0.266 e. The van der Waals surface area contributed by atoms with Gasteiger partial charge in [-0.15, -0.1) is 0 Å². The number of carbonyl (C=O) groups is 2. The average molecular weight is 306 g/mol. The molecule has 1 fully saturated rings. The first kappa shape index (κ1) is 14.7. The van der Waals surface area contributed by atoms with Crippen LogP contribution in [0.4, 0.5) is 0 Å². The van der Waals surface area contributed by atoms with Crippen molar-refractivity contribution in [2.45, 2.75) is 19.9 Å². The normalized spacial score (nSPS) is 18.7. The molecule has 6 heteroatoms.